The van der Waals surface area contributed by atoms with Crippen LogP contribution in [0.4, 0.5) is 14.4 Å². The minimum Gasteiger partial charge on any atom is -0.508 e. The summed E-state index contributed by atoms with van der Waals surface area (Å²) >= 11 is 0. The zero-order valence-electron chi connectivity index (χ0n) is 20.7. The fraction of sp³-hybridized carbons (Fsp3) is 0. The minimum absolute atomic E-state index is 0.0593. The van der Waals surface area contributed by atoms with Crippen molar-refractivity contribution in [2.24, 2.45) is 9.98 Å². The molecule has 0 atom stereocenters. The van der Waals surface area contributed by atoms with Gasteiger partial charge in [-0.15, -0.1) is 0 Å². The van der Waals surface area contributed by atoms with Gasteiger partial charge in [0.1, 0.15) is 11.6 Å². The van der Waals surface area contributed by atoms with Gasteiger partial charge in [0.2, 0.25) is 0 Å². The monoisotopic (exact) mass is 513 g/mol. The van der Waals surface area contributed by atoms with Crippen LogP contribution in [0.15, 0.2) is 137 Å². The van der Waals surface area contributed by atoms with Crippen LogP contribution in [-0.2, 0) is 0 Å². The van der Waals surface area contributed by atoms with Crippen molar-refractivity contribution in [1.29, 1.82) is 0 Å². The maximum atomic E-state index is 14.8. The molecule has 0 amide bonds. The van der Waals surface area contributed by atoms with E-state index in [1.54, 1.807) is 18.2 Å². The van der Waals surface area contributed by atoms with Gasteiger partial charge in [0.05, 0.1) is 5.71 Å². The molecule has 1 aromatic heterocycles. The second-order valence-electron chi connectivity index (χ2n) is 9.05. The van der Waals surface area contributed by atoms with E-state index in [2.05, 4.69) is 0 Å². The van der Waals surface area contributed by atoms with Crippen LogP contribution in [0.3, 0.4) is 0 Å². The Morgan fingerprint density at radius 2 is 1.23 bits per heavy atom. The highest BCUT2D eigenvalue weighted by Crippen LogP contribution is 2.40. The van der Waals surface area contributed by atoms with Crippen molar-refractivity contribution in [3.63, 3.8) is 0 Å². The van der Waals surface area contributed by atoms with Crippen LogP contribution in [0, 0.1) is 0 Å². The van der Waals surface area contributed by atoms with E-state index in [0.717, 1.165) is 26.7 Å². The lowest BCUT2D eigenvalue weighted by Crippen LogP contribution is -2.14. The van der Waals surface area contributed by atoms with Gasteiger partial charge in [-0.1, -0.05) is 91.0 Å². The van der Waals surface area contributed by atoms with Crippen molar-refractivity contribution in [1.82, 2.24) is 4.48 Å². The number of benzene rings is 4. The Hall–Kier alpha value is -5.04. The molecule has 0 saturated heterocycles. The quantitative estimate of drug-likeness (QED) is 0.231. The van der Waals surface area contributed by atoms with Crippen LogP contribution >= 0.6 is 0 Å². The van der Waals surface area contributed by atoms with E-state index in [1.807, 2.05) is 97.1 Å². The first-order chi connectivity index (χ1) is 19.1. The Morgan fingerprint density at radius 1 is 0.667 bits per heavy atom. The van der Waals surface area contributed by atoms with Crippen molar-refractivity contribution in [2.75, 3.05) is 0 Å². The number of amidine groups is 1. The molecule has 5 aromatic rings. The van der Waals surface area contributed by atoms with Crippen LogP contribution in [0.25, 0.3) is 28.0 Å². The van der Waals surface area contributed by atoms with Gasteiger partial charge in [0.25, 0.3) is 0 Å². The number of nitrogens with zero attached hydrogens (tertiary/aromatic N) is 3. The Balaban J connectivity index is 1.60. The molecule has 4 aromatic carbocycles. The molecule has 188 valence electrons. The van der Waals surface area contributed by atoms with Crippen molar-refractivity contribution < 1.29 is 13.7 Å². The fourth-order valence-corrected chi connectivity index (χ4v) is 4.69. The van der Waals surface area contributed by atoms with Gasteiger partial charge in [0, 0.05) is 22.4 Å². The van der Waals surface area contributed by atoms with E-state index in [1.165, 1.54) is 12.1 Å². The summed E-state index contributed by atoms with van der Waals surface area (Å²) in [5.41, 5.74) is 5.41. The van der Waals surface area contributed by atoms with Gasteiger partial charge >= 0.3 is 7.40 Å². The Bertz CT molecular complexity index is 1710. The number of hydrogen-bond donors (Lipinski definition) is 1. The first kappa shape index (κ1) is 24.3. The summed E-state index contributed by atoms with van der Waals surface area (Å²) < 4.78 is 30.6. The van der Waals surface area contributed by atoms with E-state index < -0.39 is 7.40 Å². The highest BCUT2D eigenvalue weighted by atomic mass is 19.2. The highest BCUT2D eigenvalue weighted by Gasteiger charge is 2.29. The Kier molecular flexibility index (Phi) is 6.47. The molecule has 6 rings (SSSR count). The zero-order chi connectivity index (χ0) is 26.8. The molecule has 1 N–H and O–H groups in total. The number of aliphatic imine (C=N–C) groups is 2. The standard InChI is InChI=1S/C32H22BF2N3O/c34-33(35)38-30(25-16-18-26(39)19-17-25)21-28(23-12-6-2-7-13-23)32(38)37-31-27(22-10-4-1-5-11-22)20-29(36-31)24-14-8-3-9-15-24/h1-21,39H/b37-31-. The molecular weight excluding hydrogens is 491 g/mol. The molecule has 4 nitrogen and oxygen atoms in total. The molecule has 0 aliphatic carbocycles. The van der Waals surface area contributed by atoms with Crippen molar-refractivity contribution in [3.05, 3.63) is 139 Å². The summed E-state index contributed by atoms with van der Waals surface area (Å²) in [6.45, 7) is 0. The number of phenolic OH excluding ortho intramolecular Hbond substituents is 1. The maximum absolute atomic E-state index is 14.8. The smallest absolute Gasteiger partial charge is 0.508 e. The molecule has 7 heteroatoms. The number of hydrogen-bond acceptors (Lipinski definition) is 2. The van der Waals surface area contributed by atoms with Gasteiger partial charge in [-0.2, -0.15) is 0 Å². The molecule has 2 heterocycles. The van der Waals surface area contributed by atoms with Crippen molar-refractivity contribution >= 4 is 30.3 Å². The van der Waals surface area contributed by atoms with E-state index in [0.29, 0.717) is 28.4 Å². The van der Waals surface area contributed by atoms with Crippen LogP contribution in [0.2, 0.25) is 0 Å². The molecule has 0 saturated carbocycles. The summed E-state index contributed by atoms with van der Waals surface area (Å²) in [7, 11) is -2.87. The van der Waals surface area contributed by atoms with Crippen LogP contribution < -0.4 is 0 Å². The Morgan fingerprint density at radius 3 is 1.82 bits per heavy atom. The summed E-state index contributed by atoms with van der Waals surface area (Å²) in [6, 6.07) is 36.7. The SMILES string of the molecule is Oc1ccc(-c2cc(-c3ccccc3)c(/N=C3\N=C(c4ccccc4)C=C3c3ccccc3)n2B(F)F)cc1. The number of aromatic hydroxyl groups is 1. The molecule has 0 radical (unpaired) electrons. The van der Waals surface area contributed by atoms with Gasteiger partial charge in [-0.25, -0.2) is 9.98 Å². The predicted molar refractivity (Wildman–Crippen MR) is 155 cm³/mol. The zero-order valence-corrected chi connectivity index (χ0v) is 20.7. The summed E-state index contributed by atoms with van der Waals surface area (Å²) in [5, 5.41) is 9.77. The number of halogens is 2. The average Bonchev–Trinajstić information content (AvgIpc) is 3.57. The highest BCUT2D eigenvalue weighted by molar-refractivity contribution is 6.43. The lowest BCUT2D eigenvalue weighted by atomic mass is 10.0. The molecule has 0 fully saturated rings. The van der Waals surface area contributed by atoms with E-state index >= 15 is 0 Å². The summed E-state index contributed by atoms with van der Waals surface area (Å²) in [6.07, 6.45) is 1.95. The molecular formula is C32H22BF2N3O. The van der Waals surface area contributed by atoms with Gasteiger partial charge in [-0.3, -0.25) is 8.63 Å². The summed E-state index contributed by atoms with van der Waals surface area (Å²) in [5.74, 6) is 0.521. The topological polar surface area (TPSA) is 49.9 Å². The number of aromatic nitrogens is 1. The predicted octanol–water partition coefficient (Wildman–Crippen LogP) is 7.92. The molecule has 39 heavy (non-hydrogen) atoms. The second kappa shape index (κ2) is 10.4. The van der Waals surface area contributed by atoms with E-state index in [4.69, 9.17) is 9.98 Å². The van der Waals surface area contributed by atoms with Crippen LogP contribution in [0.5, 0.6) is 5.75 Å². The van der Waals surface area contributed by atoms with Crippen LogP contribution in [0.1, 0.15) is 11.1 Å². The van der Waals surface area contributed by atoms with Crippen LogP contribution in [-0.4, -0.2) is 28.5 Å². The molecule has 1 aliphatic heterocycles. The van der Waals surface area contributed by atoms with Gasteiger partial charge in [0.15, 0.2) is 5.84 Å². The molecule has 0 spiro atoms. The molecule has 0 bridgehead atoms. The summed E-state index contributed by atoms with van der Waals surface area (Å²) in [4.78, 5) is 9.67. The number of allylic oxidation sites excluding steroid dienone is 1. The molecule has 1 aliphatic rings. The van der Waals surface area contributed by atoms with Gasteiger partial charge < -0.3 is 9.58 Å². The third-order valence-electron chi connectivity index (χ3n) is 6.57. The first-order valence-corrected chi connectivity index (χ1v) is 12.5. The second-order valence-corrected chi connectivity index (χ2v) is 9.05. The normalized spacial score (nSPS) is 13.8. The van der Waals surface area contributed by atoms with E-state index in [9.17, 15) is 13.7 Å². The maximum Gasteiger partial charge on any atom is 0.679 e. The third kappa shape index (κ3) is 4.82. The lowest BCUT2D eigenvalue weighted by molar-refractivity contribution is 0.475. The lowest BCUT2D eigenvalue weighted by Gasteiger charge is -2.10. The first-order valence-electron chi connectivity index (χ1n) is 12.5. The van der Waals surface area contributed by atoms with Crippen molar-refractivity contribution in [3.8, 4) is 28.1 Å². The molecule has 0 unspecified atom stereocenters. The fourth-order valence-electron chi connectivity index (χ4n) is 4.69. The number of phenols is 1. The van der Waals surface area contributed by atoms with Crippen molar-refractivity contribution in [2.45, 2.75) is 0 Å². The van der Waals surface area contributed by atoms with Gasteiger partial charge in [-0.05, 0) is 53.1 Å². The largest absolute Gasteiger partial charge is 0.679 e. The minimum atomic E-state index is -2.87. The third-order valence-corrected chi connectivity index (χ3v) is 6.57. The number of rotatable bonds is 6. The average molecular weight is 513 g/mol. The van der Waals surface area contributed by atoms with E-state index in [-0.39, 0.29) is 11.6 Å². The Labute approximate surface area is 225 Å².